The smallest absolute Gasteiger partial charge is 0.289 e. The maximum Gasteiger partial charge on any atom is 0.289 e. The first-order valence-corrected chi connectivity index (χ1v) is 13.6. The van der Waals surface area contributed by atoms with Crippen LogP contribution in [-0.2, 0) is 19.7 Å². The van der Waals surface area contributed by atoms with E-state index >= 15 is 0 Å². The minimum atomic E-state index is -4.13. The molecule has 1 amide bonds. The molecule has 0 atom stereocenters. The van der Waals surface area contributed by atoms with E-state index in [4.69, 9.17) is 0 Å². The van der Waals surface area contributed by atoms with Gasteiger partial charge >= 0.3 is 0 Å². The monoisotopic (exact) mass is 493 g/mol. The van der Waals surface area contributed by atoms with Crippen LogP contribution in [0, 0.1) is 5.82 Å². The van der Waals surface area contributed by atoms with E-state index < -0.39 is 36.3 Å². The zero-order valence-electron chi connectivity index (χ0n) is 18.2. The first kappa shape index (κ1) is 24.6. The van der Waals surface area contributed by atoms with Crippen LogP contribution in [0.15, 0.2) is 63.6 Å². The number of aromatic nitrogens is 1. The van der Waals surface area contributed by atoms with Crippen LogP contribution in [0.3, 0.4) is 0 Å². The minimum absolute atomic E-state index is 0.0971. The molecule has 0 spiro atoms. The highest BCUT2D eigenvalue weighted by Crippen LogP contribution is 2.34. The van der Waals surface area contributed by atoms with Crippen molar-refractivity contribution < 1.29 is 26.0 Å². The molecule has 0 saturated carbocycles. The molecule has 0 saturated heterocycles. The SMILES string of the molecule is CCCS(=O)(=O)c1c(S(=O)(=O)CCC)c2ccccn2c1C(=O)N/N=C\c1cccc(F)c1. The Balaban J connectivity index is 2.21. The number of carbonyl (C=O) groups excluding carboxylic acids is 1. The van der Waals surface area contributed by atoms with Gasteiger partial charge in [0.25, 0.3) is 5.91 Å². The third-order valence-corrected chi connectivity index (χ3v) is 8.84. The van der Waals surface area contributed by atoms with Gasteiger partial charge in [-0.3, -0.25) is 4.79 Å². The number of amides is 1. The number of carbonyl (C=O) groups is 1. The number of nitrogens with one attached hydrogen (secondary N) is 1. The van der Waals surface area contributed by atoms with Crippen LogP contribution in [0.25, 0.3) is 5.52 Å². The molecule has 0 aliphatic rings. The maximum absolute atomic E-state index is 13.4. The Morgan fingerprint density at radius 1 is 1.00 bits per heavy atom. The summed E-state index contributed by atoms with van der Waals surface area (Å²) in [4.78, 5) is 12.2. The number of benzene rings is 1. The summed E-state index contributed by atoms with van der Waals surface area (Å²) in [6, 6.07) is 10.1. The Hall–Kier alpha value is -3.05. The predicted molar refractivity (Wildman–Crippen MR) is 124 cm³/mol. The molecule has 8 nitrogen and oxygen atoms in total. The van der Waals surface area contributed by atoms with Gasteiger partial charge in [0.1, 0.15) is 21.3 Å². The van der Waals surface area contributed by atoms with E-state index in [1.807, 2.05) is 0 Å². The van der Waals surface area contributed by atoms with Crippen molar-refractivity contribution in [3.63, 3.8) is 0 Å². The number of hydrogen-bond acceptors (Lipinski definition) is 6. The van der Waals surface area contributed by atoms with Gasteiger partial charge in [-0.05, 0) is 42.7 Å². The largest absolute Gasteiger partial charge is 0.310 e. The van der Waals surface area contributed by atoms with Gasteiger partial charge in [0, 0.05) is 6.20 Å². The third kappa shape index (κ3) is 5.14. The van der Waals surface area contributed by atoms with Crippen molar-refractivity contribution in [2.45, 2.75) is 36.5 Å². The lowest BCUT2D eigenvalue weighted by atomic mass is 10.2. The van der Waals surface area contributed by atoms with Crippen LogP contribution in [0.4, 0.5) is 4.39 Å². The van der Waals surface area contributed by atoms with Crippen LogP contribution in [0.2, 0.25) is 0 Å². The summed E-state index contributed by atoms with van der Waals surface area (Å²) in [5.41, 5.74) is 2.37. The number of sulfone groups is 2. The van der Waals surface area contributed by atoms with Gasteiger partial charge in [0.05, 0.1) is 23.2 Å². The van der Waals surface area contributed by atoms with Gasteiger partial charge in [-0.1, -0.05) is 32.0 Å². The normalized spacial score (nSPS) is 12.5. The van der Waals surface area contributed by atoms with Crippen molar-refractivity contribution in [3.05, 3.63) is 65.7 Å². The molecular weight excluding hydrogens is 469 g/mol. The van der Waals surface area contributed by atoms with Crippen molar-refractivity contribution in [1.29, 1.82) is 0 Å². The highest BCUT2D eigenvalue weighted by atomic mass is 32.2. The quantitative estimate of drug-likeness (QED) is 0.363. The molecule has 3 rings (SSSR count). The fraction of sp³-hybridized carbons (Fsp3) is 0.273. The molecule has 33 heavy (non-hydrogen) atoms. The van der Waals surface area contributed by atoms with E-state index in [1.54, 1.807) is 32.0 Å². The van der Waals surface area contributed by atoms with Crippen molar-refractivity contribution >= 4 is 37.3 Å². The van der Waals surface area contributed by atoms with Gasteiger partial charge in [-0.2, -0.15) is 5.10 Å². The summed E-state index contributed by atoms with van der Waals surface area (Å²) in [5.74, 6) is -1.99. The van der Waals surface area contributed by atoms with Crippen molar-refractivity contribution in [3.8, 4) is 0 Å². The molecule has 2 heterocycles. The van der Waals surface area contributed by atoms with E-state index in [2.05, 4.69) is 10.5 Å². The molecule has 0 bridgehead atoms. The molecule has 0 aliphatic heterocycles. The first-order valence-electron chi connectivity index (χ1n) is 10.3. The van der Waals surface area contributed by atoms with E-state index in [0.29, 0.717) is 5.56 Å². The Labute approximate surface area is 192 Å². The van der Waals surface area contributed by atoms with Crippen LogP contribution in [0.5, 0.6) is 0 Å². The summed E-state index contributed by atoms with van der Waals surface area (Å²) in [6.45, 7) is 3.32. The predicted octanol–water partition coefficient (Wildman–Crippen LogP) is 3.21. The number of hydrazone groups is 1. The fourth-order valence-corrected chi connectivity index (χ4v) is 7.49. The molecule has 2 aromatic heterocycles. The Morgan fingerprint density at radius 3 is 2.30 bits per heavy atom. The van der Waals surface area contributed by atoms with Crippen molar-refractivity contribution in [1.82, 2.24) is 9.83 Å². The lowest BCUT2D eigenvalue weighted by Gasteiger charge is -2.08. The van der Waals surface area contributed by atoms with Crippen LogP contribution >= 0.6 is 0 Å². The fourth-order valence-electron chi connectivity index (χ4n) is 3.50. The number of rotatable bonds is 9. The molecule has 11 heteroatoms. The van der Waals surface area contributed by atoms with Gasteiger partial charge in [-0.15, -0.1) is 0 Å². The highest BCUT2D eigenvalue weighted by Gasteiger charge is 2.36. The molecule has 176 valence electrons. The topological polar surface area (TPSA) is 114 Å². The zero-order valence-corrected chi connectivity index (χ0v) is 19.8. The molecule has 0 unspecified atom stereocenters. The number of nitrogens with zero attached hydrogens (tertiary/aromatic N) is 2. The number of halogens is 1. The second-order valence-corrected chi connectivity index (χ2v) is 11.4. The van der Waals surface area contributed by atoms with Gasteiger partial charge in [0.2, 0.25) is 0 Å². The van der Waals surface area contributed by atoms with E-state index in [-0.39, 0.29) is 40.5 Å². The molecule has 3 aromatic rings. The lowest BCUT2D eigenvalue weighted by Crippen LogP contribution is -2.23. The van der Waals surface area contributed by atoms with E-state index in [1.165, 1.54) is 41.1 Å². The first-order chi connectivity index (χ1) is 15.6. The Kier molecular flexibility index (Phi) is 7.33. The summed E-state index contributed by atoms with van der Waals surface area (Å²) in [7, 11) is -8.14. The van der Waals surface area contributed by atoms with Crippen LogP contribution in [-0.4, -0.2) is 44.9 Å². The highest BCUT2D eigenvalue weighted by molar-refractivity contribution is 7.94. The standard InChI is InChI=1S/C22H24FN3O5S2/c1-3-12-32(28,29)20-18-10-5-6-11-26(18)19(21(20)33(30,31)13-4-2)22(27)25-24-15-16-8-7-9-17(23)14-16/h5-11,14-15H,3-4,12-13H2,1-2H3,(H,25,27)/b24-15-. The minimum Gasteiger partial charge on any atom is -0.310 e. The Bertz CT molecular complexity index is 1430. The number of hydrogen-bond donors (Lipinski definition) is 1. The molecule has 1 aromatic carbocycles. The average molecular weight is 494 g/mol. The third-order valence-electron chi connectivity index (χ3n) is 4.77. The number of fused-ring (bicyclic) bond motifs is 1. The summed E-state index contributed by atoms with van der Waals surface area (Å²) in [6.07, 6.45) is 3.14. The van der Waals surface area contributed by atoms with Crippen molar-refractivity contribution in [2.24, 2.45) is 5.10 Å². The van der Waals surface area contributed by atoms with Gasteiger partial charge < -0.3 is 4.40 Å². The summed E-state index contributed by atoms with van der Waals surface area (Å²) < 4.78 is 67.2. The van der Waals surface area contributed by atoms with Gasteiger partial charge in [-0.25, -0.2) is 26.7 Å². The van der Waals surface area contributed by atoms with Crippen molar-refractivity contribution in [2.75, 3.05) is 11.5 Å². The maximum atomic E-state index is 13.4. The Morgan fingerprint density at radius 2 is 1.67 bits per heavy atom. The molecule has 0 aliphatic carbocycles. The van der Waals surface area contributed by atoms with Gasteiger partial charge in [0.15, 0.2) is 19.7 Å². The van der Waals surface area contributed by atoms with E-state index in [9.17, 15) is 26.0 Å². The van der Waals surface area contributed by atoms with Crippen LogP contribution in [0.1, 0.15) is 42.7 Å². The molecule has 0 radical (unpaired) electrons. The lowest BCUT2D eigenvalue weighted by molar-refractivity contribution is 0.0945. The molecular formula is C22H24FN3O5S2. The second-order valence-electron chi connectivity index (χ2n) is 7.35. The zero-order chi connectivity index (χ0) is 24.2. The van der Waals surface area contributed by atoms with E-state index in [0.717, 1.165) is 0 Å². The summed E-state index contributed by atoms with van der Waals surface area (Å²) in [5, 5.41) is 3.79. The molecule has 1 N–H and O–H groups in total. The number of pyridine rings is 1. The summed E-state index contributed by atoms with van der Waals surface area (Å²) >= 11 is 0. The second kappa shape index (κ2) is 9.84. The average Bonchev–Trinajstić information content (AvgIpc) is 3.11. The van der Waals surface area contributed by atoms with Crippen LogP contribution < -0.4 is 5.43 Å². The molecule has 0 fully saturated rings.